The van der Waals surface area contributed by atoms with Crippen molar-refractivity contribution in [1.82, 2.24) is 0 Å². The molecule has 0 fully saturated rings. The molecule has 0 aliphatic carbocycles. The lowest BCUT2D eigenvalue weighted by atomic mass is 9.88. The number of amides is 1. The molecule has 3 aromatic rings. The van der Waals surface area contributed by atoms with E-state index in [4.69, 9.17) is 0 Å². The normalized spacial score (nSPS) is 18.2. The fraction of sp³-hybridized carbons (Fsp3) is 0.130. The lowest BCUT2D eigenvalue weighted by molar-refractivity contribution is -0.136. The van der Waals surface area contributed by atoms with Crippen LogP contribution in [0.5, 0.6) is 0 Å². The Morgan fingerprint density at radius 3 is 2.29 bits per heavy atom. The van der Waals surface area contributed by atoms with E-state index in [1.54, 1.807) is 29.2 Å². The van der Waals surface area contributed by atoms with Crippen molar-refractivity contribution >= 4 is 40.0 Å². The molecule has 140 valence electrons. The third kappa shape index (κ3) is 3.36. The zero-order valence-corrected chi connectivity index (χ0v) is 17.2. The van der Waals surface area contributed by atoms with Crippen LogP contribution < -0.4 is 4.90 Å². The van der Waals surface area contributed by atoms with Crippen LogP contribution in [0.2, 0.25) is 0 Å². The highest BCUT2D eigenvalue weighted by Gasteiger charge is 2.50. The molecule has 0 bridgehead atoms. The first-order valence-corrected chi connectivity index (χ1v) is 10.0. The predicted molar refractivity (Wildman–Crippen MR) is 116 cm³/mol. The van der Waals surface area contributed by atoms with Crippen LogP contribution in [-0.2, 0) is 16.9 Å². The van der Waals surface area contributed by atoms with Crippen LogP contribution in [0, 0.1) is 3.57 Å². The molecule has 1 amide bonds. The van der Waals surface area contributed by atoms with Gasteiger partial charge in [-0.15, -0.1) is 0 Å². The highest BCUT2D eigenvalue weighted by atomic mass is 127. The first-order valence-electron chi connectivity index (χ1n) is 8.95. The van der Waals surface area contributed by atoms with Gasteiger partial charge in [0.25, 0.3) is 5.91 Å². The molecule has 4 nitrogen and oxygen atoms in total. The van der Waals surface area contributed by atoms with Gasteiger partial charge in [-0.3, -0.25) is 9.59 Å². The molecule has 1 atom stereocenters. The van der Waals surface area contributed by atoms with Crippen molar-refractivity contribution in [2.75, 3.05) is 4.90 Å². The second-order valence-electron chi connectivity index (χ2n) is 6.86. The van der Waals surface area contributed by atoms with Gasteiger partial charge in [0.1, 0.15) is 0 Å². The summed E-state index contributed by atoms with van der Waals surface area (Å²) in [6.07, 6.45) is -0.283. The van der Waals surface area contributed by atoms with Crippen molar-refractivity contribution in [2.45, 2.75) is 18.6 Å². The molecule has 0 radical (unpaired) electrons. The maximum absolute atomic E-state index is 13.2. The summed E-state index contributed by atoms with van der Waals surface area (Å²) in [5.41, 5.74) is 0.717. The summed E-state index contributed by atoms with van der Waals surface area (Å²) in [5, 5.41) is 11.3. The molecule has 1 unspecified atom stereocenters. The van der Waals surface area contributed by atoms with E-state index < -0.39 is 11.5 Å². The highest BCUT2D eigenvalue weighted by molar-refractivity contribution is 14.1. The van der Waals surface area contributed by atoms with Crippen molar-refractivity contribution in [3.8, 4) is 0 Å². The van der Waals surface area contributed by atoms with Gasteiger partial charge < -0.3 is 10.0 Å². The van der Waals surface area contributed by atoms with Crippen LogP contribution in [0.4, 0.5) is 5.69 Å². The van der Waals surface area contributed by atoms with E-state index in [1.165, 1.54) is 0 Å². The fourth-order valence-electron chi connectivity index (χ4n) is 3.57. The molecule has 0 saturated carbocycles. The van der Waals surface area contributed by atoms with E-state index in [0.29, 0.717) is 23.4 Å². The van der Waals surface area contributed by atoms with E-state index in [-0.39, 0.29) is 12.2 Å². The Bertz CT molecular complexity index is 1030. The van der Waals surface area contributed by atoms with Crippen molar-refractivity contribution in [1.29, 1.82) is 0 Å². The standard InChI is InChI=1S/C23H18INO3/c24-18-12-10-17(11-13-18)21(26)14-23(28)19-8-4-5-9-20(19)25(22(23)27)15-16-6-2-1-3-7-16/h1-13,28H,14-15H2. The molecular formula is C23H18INO3. The Hall–Kier alpha value is -2.51. The zero-order valence-electron chi connectivity index (χ0n) is 15.0. The molecule has 1 N–H and O–H groups in total. The SMILES string of the molecule is O=C(CC1(O)C(=O)N(Cc2ccccc2)c2ccccc21)c1ccc(I)cc1. The number of anilines is 1. The van der Waals surface area contributed by atoms with Crippen LogP contribution >= 0.6 is 22.6 Å². The third-order valence-corrected chi connectivity index (χ3v) is 5.72. The largest absolute Gasteiger partial charge is 0.375 e. The molecule has 1 aliphatic rings. The minimum absolute atomic E-state index is 0.261. The number of hydrogen-bond donors (Lipinski definition) is 1. The molecule has 4 rings (SSSR count). The number of para-hydroxylation sites is 1. The van der Waals surface area contributed by atoms with Crippen LogP contribution in [0.1, 0.15) is 27.9 Å². The van der Waals surface area contributed by atoms with Gasteiger partial charge in [0.15, 0.2) is 11.4 Å². The van der Waals surface area contributed by atoms with Gasteiger partial charge >= 0.3 is 0 Å². The topological polar surface area (TPSA) is 57.6 Å². The Morgan fingerprint density at radius 1 is 0.929 bits per heavy atom. The number of carbonyl (C=O) groups excluding carboxylic acids is 2. The van der Waals surface area contributed by atoms with Gasteiger partial charge in [-0.2, -0.15) is 0 Å². The number of aliphatic hydroxyl groups is 1. The summed E-state index contributed by atoms with van der Waals surface area (Å²) in [6, 6.07) is 23.9. The number of hydrogen-bond acceptors (Lipinski definition) is 3. The number of ketones is 1. The van der Waals surface area contributed by atoms with Crippen LogP contribution in [0.25, 0.3) is 0 Å². The molecule has 0 spiro atoms. The van der Waals surface area contributed by atoms with E-state index in [0.717, 1.165) is 9.13 Å². The lowest BCUT2D eigenvalue weighted by Gasteiger charge is -2.23. The fourth-order valence-corrected chi connectivity index (χ4v) is 3.93. The molecule has 28 heavy (non-hydrogen) atoms. The Morgan fingerprint density at radius 2 is 1.57 bits per heavy atom. The number of benzene rings is 3. The highest BCUT2D eigenvalue weighted by Crippen LogP contribution is 2.43. The van der Waals surface area contributed by atoms with Gasteiger partial charge in [0.05, 0.1) is 18.7 Å². The van der Waals surface area contributed by atoms with Gasteiger partial charge in [0.2, 0.25) is 0 Å². The smallest absolute Gasteiger partial charge is 0.264 e. The maximum atomic E-state index is 13.2. The number of halogens is 1. The number of carbonyl (C=O) groups is 2. The van der Waals surface area contributed by atoms with Gasteiger partial charge in [-0.25, -0.2) is 0 Å². The molecule has 1 heterocycles. The van der Waals surface area contributed by atoms with Gasteiger partial charge in [0, 0.05) is 14.7 Å². The van der Waals surface area contributed by atoms with Crippen LogP contribution in [-0.4, -0.2) is 16.8 Å². The Labute approximate surface area is 177 Å². The maximum Gasteiger partial charge on any atom is 0.264 e. The van der Waals surface area contributed by atoms with Gasteiger partial charge in [-0.05, 0) is 46.4 Å². The third-order valence-electron chi connectivity index (χ3n) is 5.01. The number of rotatable bonds is 5. The average molecular weight is 483 g/mol. The monoisotopic (exact) mass is 483 g/mol. The van der Waals surface area contributed by atoms with Crippen molar-refractivity contribution < 1.29 is 14.7 Å². The van der Waals surface area contributed by atoms with E-state index in [2.05, 4.69) is 22.6 Å². The first kappa shape index (κ1) is 18.8. The molecule has 0 aromatic heterocycles. The van der Waals surface area contributed by atoms with Crippen LogP contribution in [0.15, 0.2) is 78.9 Å². The number of fused-ring (bicyclic) bond motifs is 1. The average Bonchev–Trinajstić information content (AvgIpc) is 2.91. The van der Waals surface area contributed by atoms with E-state index >= 15 is 0 Å². The lowest BCUT2D eigenvalue weighted by Crippen LogP contribution is -2.41. The minimum Gasteiger partial charge on any atom is -0.375 e. The molecule has 5 heteroatoms. The van der Waals surface area contributed by atoms with Crippen molar-refractivity contribution in [3.63, 3.8) is 0 Å². The van der Waals surface area contributed by atoms with Gasteiger partial charge in [-0.1, -0.05) is 60.7 Å². The summed E-state index contributed by atoms with van der Waals surface area (Å²) >= 11 is 2.17. The summed E-state index contributed by atoms with van der Waals surface area (Å²) < 4.78 is 1.02. The summed E-state index contributed by atoms with van der Waals surface area (Å²) in [4.78, 5) is 27.6. The molecular weight excluding hydrogens is 465 g/mol. The second kappa shape index (κ2) is 7.48. The number of Topliss-reactive ketones (excluding diaryl/α,β-unsaturated/α-hetero) is 1. The first-order chi connectivity index (χ1) is 13.5. The predicted octanol–water partition coefficient (Wildman–Crippen LogP) is 4.30. The second-order valence-corrected chi connectivity index (χ2v) is 8.11. The van der Waals surface area contributed by atoms with E-state index in [9.17, 15) is 14.7 Å². The molecule has 3 aromatic carbocycles. The van der Waals surface area contributed by atoms with Crippen molar-refractivity contribution in [3.05, 3.63) is 99.1 Å². The molecule has 0 saturated heterocycles. The van der Waals surface area contributed by atoms with Crippen LogP contribution in [0.3, 0.4) is 0 Å². The Balaban J connectivity index is 1.67. The van der Waals surface area contributed by atoms with Crippen molar-refractivity contribution in [2.24, 2.45) is 0 Å². The summed E-state index contributed by atoms with van der Waals surface area (Å²) in [7, 11) is 0. The van der Waals surface area contributed by atoms with E-state index in [1.807, 2.05) is 54.6 Å². The minimum atomic E-state index is -1.86. The quantitative estimate of drug-likeness (QED) is 0.435. The zero-order chi connectivity index (χ0) is 19.7. The summed E-state index contributed by atoms with van der Waals surface area (Å²) in [5.74, 6) is -0.722. The molecule has 1 aliphatic heterocycles. The Kier molecular flexibility index (Phi) is 5.03. The summed E-state index contributed by atoms with van der Waals surface area (Å²) in [6.45, 7) is 0.344. The number of nitrogens with zero attached hydrogens (tertiary/aromatic N) is 1.